The second-order valence-corrected chi connectivity index (χ2v) is 6.23. The zero-order valence-electron chi connectivity index (χ0n) is 12.8. The van der Waals surface area contributed by atoms with Gasteiger partial charge in [0.15, 0.2) is 0 Å². The molecule has 24 heavy (non-hydrogen) atoms. The van der Waals surface area contributed by atoms with Crippen LogP contribution in [0, 0.1) is 11.2 Å². The summed E-state index contributed by atoms with van der Waals surface area (Å²) in [5.74, 6) is -1.19. The maximum Gasteiger partial charge on any atom is 0.240 e. The second-order valence-electron chi connectivity index (χ2n) is 5.82. The molecule has 1 saturated carbocycles. The van der Waals surface area contributed by atoms with E-state index < -0.39 is 17.1 Å². The van der Waals surface area contributed by atoms with Gasteiger partial charge in [-0.2, -0.15) is 0 Å². The molecule has 0 heterocycles. The maximum atomic E-state index is 13.2. The predicted molar refractivity (Wildman–Crippen MR) is 90.0 cm³/mol. The third-order valence-corrected chi connectivity index (χ3v) is 4.47. The highest BCUT2D eigenvalue weighted by Crippen LogP contribution is 2.47. The van der Waals surface area contributed by atoms with Gasteiger partial charge in [0.25, 0.3) is 0 Å². The Bertz CT molecular complexity index is 790. The third kappa shape index (κ3) is 3.41. The molecule has 1 aliphatic carbocycles. The fraction of sp³-hybridized carbons (Fsp3) is 0.222. The molecule has 2 aromatic carbocycles. The van der Waals surface area contributed by atoms with Gasteiger partial charge in [-0.15, -0.1) is 0 Å². The Hall–Kier alpha value is -2.40. The number of rotatable bonds is 5. The molecular formula is C18H16ClFN2O2. The summed E-state index contributed by atoms with van der Waals surface area (Å²) in [4.78, 5) is 24.8. The molecule has 0 aromatic heterocycles. The summed E-state index contributed by atoms with van der Waals surface area (Å²) in [7, 11) is 0. The van der Waals surface area contributed by atoms with Gasteiger partial charge in [0.05, 0.1) is 0 Å². The van der Waals surface area contributed by atoms with Crippen LogP contribution in [0.4, 0.5) is 10.1 Å². The fourth-order valence-electron chi connectivity index (χ4n) is 2.49. The maximum absolute atomic E-state index is 13.2. The van der Waals surface area contributed by atoms with Gasteiger partial charge in [-0.25, -0.2) is 4.39 Å². The molecule has 2 aromatic rings. The number of hydrogen-bond acceptors (Lipinski definition) is 2. The lowest BCUT2D eigenvalue weighted by atomic mass is 10.0. The van der Waals surface area contributed by atoms with E-state index in [-0.39, 0.29) is 12.5 Å². The topological polar surface area (TPSA) is 58.2 Å². The number of nitrogens with one attached hydrogen (secondary N) is 2. The molecule has 4 nitrogen and oxygen atoms in total. The van der Waals surface area contributed by atoms with Crippen LogP contribution in [0.15, 0.2) is 48.5 Å². The fourth-order valence-corrected chi connectivity index (χ4v) is 2.69. The molecule has 0 unspecified atom stereocenters. The van der Waals surface area contributed by atoms with Crippen LogP contribution >= 0.6 is 11.6 Å². The van der Waals surface area contributed by atoms with Gasteiger partial charge >= 0.3 is 0 Å². The zero-order valence-corrected chi connectivity index (χ0v) is 13.6. The lowest BCUT2D eigenvalue weighted by Gasteiger charge is -2.16. The highest BCUT2D eigenvalue weighted by molar-refractivity contribution is 6.31. The van der Waals surface area contributed by atoms with E-state index in [1.807, 2.05) is 18.2 Å². The Balaban J connectivity index is 1.63. The molecule has 0 bridgehead atoms. The van der Waals surface area contributed by atoms with Crippen molar-refractivity contribution in [1.29, 1.82) is 0 Å². The van der Waals surface area contributed by atoms with Crippen molar-refractivity contribution < 1.29 is 14.0 Å². The zero-order chi connectivity index (χ0) is 17.2. The molecule has 1 fully saturated rings. The molecule has 2 amide bonds. The standard InChI is InChI=1S/C18H16ClFN2O2/c19-15-7-2-1-4-12(15)11-21-16(23)18(8-9-18)17(24)22-14-6-3-5-13(20)10-14/h1-7,10H,8-9,11H2,(H,21,23)(H,22,24). The number of anilines is 1. The van der Waals surface area contributed by atoms with Crippen molar-refractivity contribution in [3.8, 4) is 0 Å². The first kappa shape index (κ1) is 16.5. The van der Waals surface area contributed by atoms with Crippen LogP contribution in [-0.2, 0) is 16.1 Å². The van der Waals surface area contributed by atoms with Crippen LogP contribution in [0.5, 0.6) is 0 Å². The second kappa shape index (κ2) is 6.61. The summed E-state index contributed by atoms with van der Waals surface area (Å²) in [6.45, 7) is 0.257. The van der Waals surface area contributed by atoms with E-state index in [9.17, 15) is 14.0 Å². The molecule has 6 heteroatoms. The van der Waals surface area contributed by atoms with Crippen molar-refractivity contribution in [2.45, 2.75) is 19.4 Å². The number of carbonyl (C=O) groups excluding carboxylic acids is 2. The average Bonchev–Trinajstić information content (AvgIpc) is 3.36. The van der Waals surface area contributed by atoms with E-state index in [1.54, 1.807) is 12.1 Å². The van der Waals surface area contributed by atoms with Crippen LogP contribution < -0.4 is 10.6 Å². The van der Waals surface area contributed by atoms with Gasteiger partial charge < -0.3 is 10.6 Å². The lowest BCUT2D eigenvalue weighted by Crippen LogP contribution is -2.39. The molecule has 0 saturated heterocycles. The van der Waals surface area contributed by atoms with Crippen LogP contribution in [0.3, 0.4) is 0 Å². The minimum Gasteiger partial charge on any atom is -0.351 e. The van der Waals surface area contributed by atoms with Crippen LogP contribution in [0.1, 0.15) is 18.4 Å². The molecule has 0 atom stereocenters. The molecule has 0 radical (unpaired) electrons. The highest BCUT2D eigenvalue weighted by atomic mass is 35.5. The van der Waals surface area contributed by atoms with E-state index in [4.69, 9.17) is 11.6 Å². The van der Waals surface area contributed by atoms with Crippen LogP contribution in [0.25, 0.3) is 0 Å². The van der Waals surface area contributed by atoms with E-state index >= 15 is 0 Å². The number of benzene rings is 2. The Kier molecular flexibility index (Phi) is 4.53. The van der Waals surface area contributed by atoms with Crippen molar-refractivity contribution in [3.05, 3.63) is 64.9 Å². The minimum absolute atomic E-state index is 0.257. The predicted octanol–water partition coefficient (Wildman–Crippen LogP) is 3.51. The Morgan fingerprint density at radius 1 is 1.08 bits per heavy atom. The van der Waals surface area contributed by atoms with E-state index in [0.29, 0.717) is 23.6 Å². The normalized spacial score (nSPS) is 14.8. The molecule has 2 N–H and O–H groups in total. The van der Waals surface area contributed by atoms with Gasteiger partial charge in [-0.1, -0.05) is 35.9 Å². The van der Waals surface area contributed by atoms with Gasteiger partial charge in [-0.05, 0) is 42.7 Å². The van der Waals surface area contributed by atoms with Crippen LogP contribution in [0.2, 0.25) is 5.02 Å². The number of amides is 2. The summed E-state index contributed by atoms with van der Waals surface area (Å²) >= 11 is 6.06. The molecule has 1 aliphatic rings. The summed E-state index contributed by atoms with van der Waals surface area (Å²) in [5.41, 5.74) is 0.0483. The minimum atomic E-state index is -1.08. The Labute approximate surface area is 144 Å². The van der Waals surface area contributed by atoms with Crippen LogP contribution in [-0.4, -0.2) is 11.8 Å². The Morgan fingerprint density at radius 2 is 1.83 bits per heavy atom. The average molecular weight is 347 g/mol. The van der Waals surface area contributed by atoms with Crippen molar-refractivity contribution in [2.24, 2.45) is 5.41 Å². The first-order valence-electron chi connectivity index (χ1n) is 7.60. The van der Waals surface area contributed by atoms with Crippen molar-refractivity contribution in [1.82, 2.24) is 5.32 Å². The van der Waals surface area contributed by atoms with E-state index in [1.165, 1.54) is 18.2 Å². The number of halogens is 2. The summed E-state index contributed by atoms with van der Waals surface area (Å²) in [6, 6.07) is 12.8. The van der Waals surface area contributed by atoms with Crippen molar-refractivity contribution in [3.63, 3.8) is 0 Å². The third-order valence-electron chi connectivity index (χ3n) is 4.10. The SMILES string of the molecule is O=C(NCc1ccccc1Cl)C1(C(=O)Nc2cccc(F)c2)CC1. The summed E-state index contributed by atoms with van der Waals surface area (Å²) in [6.07, 6.45) is 0.949. The number of hydrogen-bond donors (Lipinski definition) is 2. The largest absolute Gasteiger partial charge is 0.351 e. The molecule has 124 valence electrons. The first-order valence-corrected chi connectivity index (χ1v) is 7.98. The van der Waals surface area contributed by atoms with E-state index in [0.717, 1.165) is 5.56 Å². The summed E-state index contributed by atoms with van der Waals surface area (Å²) < 4.78 is 13.2. The van der Waals surface area contributed by atoms with Gasteiger partial charge in [0.1, 0.15) is 11.2 Å². The monoisotopic (exact) mass is 346 g/mol. The quantitative estimate of drug-likeness (QED) is 0.814. The molecule has 0 aliphatic heterocycles. The van der Waals surface area contributed by atoms with Crippen molar-refractivity contribution >= 4 is 29.1 Å². The smallest absolute Gasteiger partial charge is 0.240 e. The summed E-state index contributed by atoms with van der Waals surface area (Å²) in [5, 5.41) is 5.93. The first-order chi connectivity index (χ1) is 11.5. The van der Waals surface area contributed by atoms with Crippen molar-refractivity contribution in [2.75, 3.05) is 5.32 Å². The number of carbonyl (C=O) groups is 2. The molecule has 3 rings (SSSR count). The molecule has 0 spiro atoms. The van der Waals surface area contributed by atoms with Gasteiger partial charge in [-0.3, -0.25) is 9.59 Å². The van der Waals surface area contributed by atoms with E-state index in [2.05, 4.69) is 10.6 Å². The van der Waals surface area contributed by atoms with Gasteiger partial charge in [0, 0.05) is 17.3 Å². The Morgan fingerprint density at radius 3 is 2.50 bits per heavy atom. The van der Waals surface area contributed by atoms with Gasteiger partial charge in [0.2, 0.25) is 11.8 Å². The molecular weight excluding hydrogens is 331 g/mol. The highest BCUT2D eigenvalue weighted by Gasteiger charge is 2.56. The lowest BCUT2D eigenvalue weighted by molar-refractivity contribution is -0.134.